The van der Waals surface area contributed by atoms with Gasteiger partial charge in [0.25, 0.3) is 0 Å². The zero-order chi connectivity index (χ0) is 13.0. The Kier molecular flexibility index (Phi) is 3.68. The molecule has 0 radical (unpaired) electrons. The molecule has 0 bridgehead atoms. The molecule has 2 rings (SSSR count). The second-order valence-electron chi connectivity index (χ2n) is 4.12. The molecule has 1 heterocycles. The Balaban J connectivity index is 2.35. The Morgan fingerprint density at radius 3 is 3.06 bits per heavy atom. The number of methoxy groups -OCH3 is 1. The van der Waals surface area contributed by atoms with Crippen LogP contribution >= 0.6 is 0 Å². The van der Waals surface area contributed by atoms with Gasteiger partial charge in [-0.05, 0) is 18.6 Å². The van der Waals surface area contributed by atoms with E-state index >= 15 is 0 Å². The third-order valence-electron chi connectivity index (χ3n) is 2.93. The second kappa shape index (κ2) is 5.41. The first-order chi connectivity index (χ1) is 8.74. The van der Waals surface area contributed by atoms with Gasteiger partial charge in [-0.3, -0.25) is 4.79 Å². The predicted molar refractivity (Wildman–Crippen MR) is 67.5 cm³/mol. The number of benzene rings is 1. The molecule has 0 aromatic heterocycles. The summed E-state index contributed by atoms with van der Waals surface area (Å²) in [7, 11) is 1.58. The molecular formula is C13H15N3O2. The smallest absolute Gasteiger partial charge is 0.239 e. The van der Waals surface area contributed by atoms with Gasteiger partial charge in [-0.15, -0.1) is 0 Å². The van der Waals surface area contributed by atoms with E-state index in [0.29, 0.717) is 17.9 Å². The van der Waals surface area contributed by atoms with Gasteiger partial charge in [-0.25, -0.2) is 0 Å². The van der Waals surface area contributed by atoms with E-state index in [2.05, 4.69) is 11.4 Å². The summed E-state index contributed by atoms with van der Waals surface area (Å²) >= 11 is 0. The molecule has 18 heavy (non-hydrogen) atoms. The summed E-state index contributed by atoms with van der Waals surface area (Å²) in [4.78, 5) is 13.5. The number of carbonyl (C=O) groups excluding carboxylic acids is 1. The van der Waals surface area contributed by atoms with E-state index in [-0.39, 0.29) is 12.5 Å². The number of nitriles is 1. The van der Waals surface area contributed by atoms with Crippen LogP contribution in [-0.2, 0) is 4.79 Å². The van der Waals surface area contributed by atoms with Crippen molar-refractivity contribution in [1.29, 1.82) is 5.26 Å². The minimum Gasteiger partial charge on any atom is -0.497 e. The first-order valence-corrected chi connectivity index (χ1v) is 5.84. The van der Waals surface area contributed by atoms with Crippen LogP contribution in [-0.4, -0.2) is 32.7 Å². The molecule has 5 heteroatoms. The Morgan fingerprint density at radius 2 is 2.33 bits per heavy atom. The lowest BCUT2D eigenvalue weighted by molar-refractivity contribution is -0.119. The SMILES string of the molecule is COc1ccc(C#N)c(N2CCCNC(=O)C2)c1. The summed E-state index contributed by atoms with van der Waals surface area (Å²) < 4.78 is 5.17. The van der Waals surface area contributed by atoms with Gasteiger partial charge in [0.15, 0.2) is 0 Å². The van der Waals surface area contributed by atoms with Crippen molar-refractivity contribution in [2.45, 2.75) is 6.42 Å². The summed E-state index contributed by atoms with van der Waals surface area (Å²) in [5.74, 6) is 0.674. The number of amides is 1. The Bertz CT molecular complexity index is 493. The van der Waals surface area contributed by atoms with Crippen LogP contribution in [0.2, 0.25) is 0 Å². The van der Waals surface area contributed by atoms with E-state index in [1.807, 2.05) is 4.90 Å². The zero-order valence-corrected chi connectivity index (χ0v) is 10.3. The van der Waals surface area contributed by atoms with Crippen LogP contribution in [0, 0.1) is 11.3 Å². The van der Waals surface area contributed by atoms with Crippen molar-refractivity contribution in [2.24, 2.45) is 0 Å². The zero-order valence-electron chi connectivity index (χ0n) is 10.3. The van der Waals surface area contributed by atoms with Crippen LogP contribution in [0.1, 0.15) is 12.0 Å². The van der Waals surface area contributed by atoms with Crippen LogP contribution in [0.5, 0.6) is 5.75 Å². The normalized spacial score (nSPS) is 15.6. The Morgan fingerprint density at radius 1 is 1.50 bits per heavy atom. The van der Waals surface area contributed by atoms with Gasteiger partial charge in [0.1, 0.15) is 11.8 Å². The van der Waals surface area contributed by atoms with Crippen molar-refractivity contribution < 1.29 is 9.53 Å². The van der Waals surface area contributed by atoms with Crippen molar-refractivity contribution in [1.82, 2.24) is 5.32 Å². The number of rotatable bonds is 2. The monoisotopic (exact) mass is 245 g/mol. The van der Waals surface area contributed by atoms with Crippen LogP contribution in [0.25, 0.3) is 0 Å². The fourth-order valence-electron chi connectivity index (χ4n) is 2.01. The first-order valence-electron chi connectivity index (χ1n) is 5.84. The van der Waals surface area contributed by atoms with E-state index in [0.717, 1.165) is 18.7 Å². The molecule has 0 aliphatic carbocycles. The molecule has 1 amide bonds. The Hall–Kier alpha value is -2.22. The molecule has 1 aromatic carbocycles. The lowest BCUT2D eigenvalue weighted by Gasteiger charge is -2.22. The fraction of sp³-hybridized carbons (Fsp3) is 0.385. The van der Waals surface area contributed by atoms with Gasteiger partial charge in [0, 0.05) is 19.2 Å². The minimum absolute atomic E-state index is 0.0146. The predicted octanol–water partition coefficient (Wildman–Crippen LogP) is 0.893. The molecule has 94 valence electrons. The van der Waals surface area contributed by atoms with Crippen LogP contribution < -0.4 is 15.0 Å². The summed E-state index contributed by atoms with van der Waals surface area (Å²) in [6, 6.07) is 7.42. The van der Waals surface area contributed by atoms with Crippen molar-refractivity contribution in [2.75, 3.05) is 31.6 Å². The van der Waals surface area contributed by atoms with Gasteiger partial charge in [0.05, 0.1) is 24.9 Å². The van der Waals surface area contributed by atoms with Crippen molar-refractivity contribution >= 4 is 11.6 Å². The maximum Gasteiger partial charge on any atom is 0.239 e. The summed E-state index contributed by atoms with van der Waals surface area (Å²) in [6.07, 6.45) is 0.869. The molecule has 1 saturated heterocycles. The van der Waals surface area contributed by atoms with E-state index in [9.17, 15) is 4.79 Å². The van der Waals surface area contributed by atoms with Gasteiger partial charge >= 0.3 is 0 Å². The standard InChI is InChI=1S/C13H15N3O2/c1-18-11-4-3-10(8-14)12(7-11)16-6-2-5-15-13(17)9-16/h3-4,7H,2,5-6,9H2,1H3,(H,15,17). The summed E-state index contributed by atoms with van der Waals surface area (Å²) in [6.45, 7) is 1.71. The van der Waals surface area contributed by atoms with Gasteiger partial charge in [-0.1, -0.05) is 0 Å². The molecule has 1 aliphatic heterocycles. The quantitative estimate of drug-likeness (QED) is 0.840. The number of carbonyl (C=O) groups is 1. The molecule has 0 atom stereocenters. The van der Waals surface area contributed by atoms with Gasteiger partial charge in [-0.2, -0.15) is 5.26 Å². The van der Waals surface area contributed by atoms with E-state index in [1.54, 1.807) is 25.3 Å². The number of anilines is 1. The highest BCUT2D eigenvalue weighted by atomic mass is 16.5. The van der Waals surface area contributed by atoms with Gasteiger partial charge < -0.3 is 15.0 Å². The third kappa shape index (κ3) is 2.54. The highest BCUT2D eigenvalue weighted by molar-refractivity contribution is 5.82. The second-order valence-corrected chi connectivity index (χ2v) is 4.12. The van der Waals surface area contributed by atoms with Gasteiger partial charge in [0.2, 0.25) is 5.91 Å². The number of ether oxygens (including phenoxy) is 1. The lowest BCUT2D eigenvalue weighted by atomic mass is 10.1. The molecule has 1 N–H and O–H groups in total. The largest absolute Gasteiger partial charge is 0.497 e. The van der Waals surface area contributed by atoms with Crippen molar-refractivity contribution in [3.05, 3.63) is 23.8 Å². The highest BCUT2D eigenvalue weighted by Gasteiger charge is 2.18. The highest BCUT2D eigenvalue weighted by Crippen LogP contribution is 2.26. The maximum absolute atomic E-state index is 11.6. The molecule has 0 spiro atoms. The number of hydrogen-bond acceptors (Lipinski definition) is 4. The van der Waals surface area contributed by atoms with E-state index in [1.165, 1.54) is 0 Å². The molecule has 5 nitrogen and oxygen atoms in total. The van der Waals surface area contributed by atoms with E-state index < -0.39 is 0 Å². The topological polar surface area (TPSA) is 65.4 Å². The summed E-state index contributed by atoms with van der Waals surface area (Å²) in [5.41, 5.74) is 1.32. The molecule has 0 saturated carbocycles. The van der Waals surface area contributed by atoms with Crippen LogP contribution in [0.3, 0.4) is 0 Å². The lowest BCUT2D eigenvalue weighted by Crippen LogP contribution is -2.33. The summed E-state index contributed by atoms with van der Waals surface area (Å²) in [5, 5.41) is 11.9. The molecule has 0 unspecified atom stereocenters. The molecule has 1 aliphatic rings. The minimum atomic E-state index is -0.0146. The Labute approximate surface area is 106 Å². The first kappa shape index (κ1) is 12.2. The number of nitrogens with zero attached hydrogens (tertiary/aromatic N) is 2. The third-order valence-corrected chi connectivity index (χ3v) is 2.93. The number of nitrogens with one attached hydrogen (secondary N) is 1. The van der Waals surface area contributed by atoms with E-state index in [4.69, 9.17) is 10.00 Å². The average Bonchev–Trinajstić information content (AvgIpc) is 2.62. The van der Waals surface area contributed by atoms with Crippen molar-refractivity contribution in [3.63, 3.8) is 0 Å². The van der Waals surface area contributed by atoms with Crippen LogP contribution in [0.15, 0.2) is 18.2 Å². The maximum atomic E-state index is 11.6. The fourth-order valence-corrected chi connectivity index (χ4v) is 2.01. The molecule has 1 fully saturated rings. The molecule has 1 aromatic rings. The van der Waals surface area contributed by atoms with Crippen LogP contribution in [0.4, 0.5) is 5.69 Å². The number of hydrogen-bond donors (Lipinski definition) is 1. The molecular weight excluding hydrogens is 230 g/mol. The average molecular weight is 245 g/mol. The van der Waals surface area contributed by atoms with Crippen molar-refractivity contribution in [3.8, 4) is 11.8 Å².